The summed E-state index contributed by atoms with van der Waals surface area (Å²) in [6, 6.07) is 29.4. The van der Waals surface area contributed by atoms with E-state index >= 15 is 0 Å². The molecule has 1 unspecified atom stereocenters. The van der Waals surface area contributed by atoms with Crippen LogP contribution in [0.4, 0.5) is 4.79 Å². The molecule has 2 N–H and O–H groups in total. The Morgan fingerprint density at radius 1 is 0.884 bits per heavy atom. The van der Waals surface area contributed by atoms with Crippen molar-refractivity contribution in [1.82, 2.24) is 15.5 Å². The maximum absolute atomic E-state index is 12.8. The van der Waals surface area contributed by atoms with Gasteiger partial charge < -0.3 is 24.4 Å². The number of hydrogen-bond acceptors (Lipinski definition) is 7. The van der Waals surface area contributed by atoms with Crippen LogP contribution in [-0.4, -0.2) is 40.0 Å². The Hall–Kier alpha value is -5.15. The van der Waals surface area contributed by atoms with Crippen LogP contribution in [0.5, 0.6) is 11.5 Å². The van der Waals surface area contributed by atoms with Gasteiger partial charge in [0.25, 0.3) is 0 Å². The first-order valence-corrected chi connectivity index (χ1v) is 14.0. The van der Waals surface area contributed by atoms with Gasteiger partial charge in [0.2, 0.25) is 11.7 Å². The summed E-state index contributed by atoms with van der Waals surface area (Å²) in [5.41, 5.74) is 5.08. The topological polar surface area (TPSA) is 124 Å². The zero-order chi connectivity index (χ0) is 29.8. The van der Waals surface area contributed by atoms with E-state index in [1.807, 2.05) is 36.4 Å². The number of aliphatic carboxylic acids is 1. The Labute approximate surface area is 252 Å². The first kappa shape index (κ1) is 28.0. The number of benzene rings is 4. The van der Waals surface area contributed by atoms with Crippen molar-refractivity contribution in [2.45, 2.75) is 24.8 Å². The van der Waals surface area contributed by atoms with Crippen molar-refractivity contribution in [3.05, 3.63) is 119 Å². The molecular formula is C33H26ClN3O6. The molecule has 4 aromatic carbocycles. The summed E-state index contributed by atoms with van der Waals surface area (Å²) < 4.78 is 16.8. The maximum atomic E-state index is 12.8. The maximum Gasteiger partial charge on any atom is 0.407 e. The molecular weight excluding hydrogens is 570 g/mol. The van der Waals surface area contributed by atoms with Crippen LogP contribution in [0.25, 0.3) is 22.5 Å². The minimum atomic E-state index is -1.08. The largest absolute Gasteiger partial charge is 0.481 e. The number of carboxylic acid groups (broad SMARTS) is 1. The third-order valence-corrected chi connectivity index (χ3v) is 7.39. The van der Waals surface area contributed by atoms with Crippen LogP contribution in [0.2, 0.25) is 5.02 Å². The molecule has 1 atom stereocenters. The third-order valence-electron chi connectivity index (χ3n) is 7.14. The average molecular weight is 596 g/mol. The van der Waals surface area contributed by atoms with Crippen LogP contribution in [0.1, 0.15) is 29.4 Å². The Morgan fingerprint density at radius 3 is 2.12 bits per heavy atom. The first-order chi connectivity index (χ1) is 20.9. The SMILES string of the molecule is O=C(O)CC(Cc1nc(-c2ccc(Oc3ccc(Cl)cc3)cc2)no1)NC(=O)OCC1c2ccccc2-c2ccccc21. The number of amides is 1. The van der Waals surface area contributed by atoms with E-state index in [9.17, 15) is 14.7 Å². The van der Waals surface area contributed by atoms with Crippen LogP contribution >= 0.6 is 11.6 Å². The number of fused-ring (bicyclic) bond motifs is 3. The molecule has 0 aliphatic heterocycles. The lowest BCUT2D eigenvalue weighted by Gasteiger charge is -2.18. The van der Waals surface area contributed by atoms with Crippen LogP contribution < -0.4 is 10.1 Å². The van der Waals surface area contributed by atoms with Gasteiger partial charge in [-0.2, -0.15) is 4.98 Å². The molecule has 10 heteroatoms. The predicted molar refractivity (Wildman–Crippen MR) is 159 cm³/mol. The Morgan fingerprint density at radius 2 is 1.49 bits per heavy atom. The van der Waals surface area contributed by atoms with Crippen molar-refractivity contribution in [2.24, 2.45) is 0 Å². The number of nitrogens with one attached hydrogen (secondary N) is 1. The summed E-state index contributed by atoms with van der Waals surface area (Å²) >= 11 is 5.92. The Balaban J connectivity index is 1.08. The van der Waals surface area contributed by atoms with Gasteiger partial charge in [-0.3, -0.25) is 4.79 Å². The Kier molecular flexibility index (Phi) is 8.06. The average Bonchev–Trinajstić information content (AvgIpc) is 3.60. The Bertz CT molecular complexity index is 1710. The fraction of sp³-hybridized carbons (Fsp3) is 0.152. The lowest BCUT2D eigenvalue weighted by Crippen LogP contribution is -2.39. The van der Waals surface area contributed by atoms with E-state index in [4.69, 9.17) is 25.6 Å². The van der Waals surface area contributed by atoms with Crippen LogP contribution in [0.15, 0.2) is 102 Å². The smallest absolute Gasteiger partial charge is 0.407 e. The highest BCUT2D eigenvalue weighted by Gasteiger charge is 2.29. The van der Waals surface area contributed by atoms with Gasteiger partial charge in [-0.05, 0) is 70.8 Å². The van der Waals surface area contributed by atoms with E-state index < -0.39 is 18.1 Å². The van der Waals surface area contributed by atoms with Crippen LogP contribution in [0.3, 0.4) is 0 Å². The van der Waals surface area contributed by atoms with Crippen molar-refractivity contribution in [1.29, 1.82) is 0 Å². The van der Waals surface area contributed by atoms with E-state index in [-0.39, 0.29) is 31.3 Å². The molecule has 0 saturated carbocycles. The summed E-state index contributed by atoms with van der Waals surface area (Å²) in [6.45, 7) is 0.113. The van der Waals surface area contributed by atoms with Crippen LogP contribution in [-0.2, 0) is 16.0 Å². The summed E-state index contributed by atoms with van der Waals surface area (Å²) in [5.74, 6) is 0.568. The minimum Gasteiger partial charge on any atom is -0.481 e. The quantitative estimate of drug-likeness (QED) is 0.175. The molecule has 0 spiro atoms. The van der Waals surface area contributed by atoms with Crippen molar-refractivity contribution < 1.29 is 28.7 Å². The summed E-state index contributed by atoms with van der Waals surface area (Å²) in [6.07, 6.45) is -1.05. The normalized spacial score (nSPS) is 12.7. The second-order valence-electron chi connectivity index (χ2n) is 10.1. The molecule has 6 rings (SSSR count). The van der Waals surface area contributed by atoms with Gasteiger partial charge in [0.15, 0.2) is 0 Å². The molecule has 1 heterocycles. The molecule has 1 aliphatic rings. The molecule has 9 nitrogen and oxygen atoms in total. The summed E-state index contributed by atoms with van der Waals surface area (Å²) in [5, 5.41) is 16.7. The van der Waals surface area contributed by atoms with E-state index in [1.54, 1.807) is 48.5 Å². The molecule has 1 aliphatic carbocycles. The highest BCUT2D eigenvalue weighted by molar-refractivity contribution is 6.30. The highest BCUT2D eigenvalue weighted by Crippen LogP contribution is 2.44. The number of carboxylic acids is 1. The van der Waals surface area contributed by atoms with Crippen molar-refractivity contribution >= 4 is 23.7 Å². The fourth-order valence-electron chi connectivity index (χ4n) is 5.17. The number of halogens is 1. The molecule has 5 aromatic rings. The molecule has 0 radical (unpaired) electrons. The zero-order valence-corrected chi connectivity index (χ0v) is 23.5. The predicted octanol–water partition coefficient (Wildman–Crippen LogP) is 7.11. The lowest BCUT2D eigenvalue weighted by molar-refractivity contribution is -0.137. The number of rotatable bonds is 10. The number of ether oxygens (including phenoxy) is 2. The number of aromatic nitrogens is 2. The molecule has 0 fully saturated rings. The third kappa shape index (κ3) is 6.52. The fourth-order valence-corrected chi connectivity index (χ4v) is 5.29. The van der Waals surface area contributed by atoms with E-state index in [0.29, 0.717) is 27.9 Å². The first-order valence-electron chi connectivity index (χ1n) is 13.6. The zero-order valence-electron chi connectivity index (χ0n) is 22.8. The number of alkyl carbamates (subject to hydrolysis) is 1. The molecule has 0 saturated heterocycles. The highest BCUT2D eigenvalue weighted by atomic mass is 35.5. The van der Waals surface area contributed by atoms with E-state index in [1.165, 1.54) is 0 Å². The van der Waals surface area contributed by atoms with Crippen molar-refractivity contribution in [3.63, 3.8) is 0 Å². The number of carbonyl (C=O) groups is 2. The van der Waals surface area contributed by atoms with Gasteiger partial charge >= 0.3 is 12.1 Å². The number of nitrogens with zero attached hydrogens (tertiary/aromatic N) is 2. The molecule has 43 heavy (non-hydrogen) atoms. The minimum absolute atomic E-state index is 0.0151. The molecule has 1 aromatic heterocycles. The van der Waals surface area contributed by atoms with Gasteiger partial charge in [0.05, 0.1) is 12.5 Å². The lowest BCUT2D eigenvalue weighted by atomic mass is 9.98. The number of hydrogen-bond donors (Lipinski definition) is 2. The second kappa shape index (κ2) is 12.4. The summed E-state index contributed by atoms with van der Waals surface area (Å²) in [7, 11) is 0. The van der Waals surface area contributed by atoms with E-state index in [0.717, 1.165) is 22.3 Å². The van der Waals surface area contributed by atoms with Gasteiger partial charge in [-0.25, -0.2) is 4.79 Å². The monoisotopic (exact) mass is 595 g/mol. The van der Waals surface area contributed by atoms with Gasteiger partial charge in [-0.1, -0.05) is 65.3 Å². The number of carbonyl (C=O) groups excluding carboxylic acids is 1. The van der Waals surface area contributed by atoms with Crippen molar-refractivity contribution in [3.8, 4) is 34.0 Å². The molecule has 0 bridgehead atoms. The van der Waals surface area contributed by atoms with Crippen LogP contribution in [0, 0.1) is 0 Å². The van der Waals surface area contributed by atoms with Gasteiger partial charge in [-0.15, -0.1) is 0 Å². The summed E-state index contributed by atoms with van der Waals surface area (Å²) in [4.78, 5) is 28.8. The molecule has 216 valence electrons. The van der Waals surface area contributed by atoms with Gasteiger partial charge in [0.1, 0.15) is 18.1 Å². The second-order valence-corrected chi connectivity index (χ2v) is 10.5. The van der Waals surface area contributed by atoms with Crippen molar-refractivity contribution in [2.75, 3.05) is 6.61 Å². The van der Waals surface area contributed by atoms with Gasteiger partial charge in [0, 0.05) is 22.9 Å². The van der Waals surface area contributed by atoms with E-state index in [2.05, 4.69) is 27.6 Å². The molecule has 1 amide bonds. The standard InChI is InChI=1S/C33H26ClN3O6/c34-21-11-15-24(16-12-21)42-23-13-9-20(10-14-23)32-36-30(43-37-32)17-22(18-31(38)39)35-33(40)41-19-29-27-7-3-1-5-25(27)26-6-2-4-8-28(26)29/h1-16,22,29H,17-19H2,(H,35,40)(H,38,39).